The van der Waals surface area contributed by atoms with E-state index in [1.165, 1.54) is 13.8 Å². The van der Waals surface area contributed by atoms with E-state index < -0.39 is 17.7 Å². The third-order valence-corrected chi connectivity index (χ3v) is 7.24. The number of carbonyl (C=O) groups excluding carboxylic acids is 2. The van der Waals surface area contributed by atoms with Crippen molar-refractivity contribution in [3.8, 4) is 11.5 Å². The molecule has 3 aromatic rings. The molecule has 0 aliphatic carbocycles. The van der Waals surface area contributed by atoms with Crippen molar-refractivity contribution in [2.75, 3.05) is 13.1 Å². The number of rotatable bonds is 9. The molecule has 4 rings (SSSR count). The Balaban J connectivity index is 1.50. The van der Waals surface area contributed by atoms with Crippen molar-refractivity contribution in [3.63, 3.8) is 0 Å². The monoisotopic (exact) mass is 529 g/mol. The number of aryl methyl sites for hydroxylation is 3. The number of ether oxygens (including phenoxy) is 2. The van der Waals surface area contributed by atoms with Crippen LogP contribution >= 0.6 is 0 Å². The van der Waals surface area contributed by atoms with E-state index in [1.54, 1.807) is 29.2 Å². The molecule has 2 atom stereocenters. The summed E-state index contributed by atoms with van der Waals surface area (Å²) in [5.41, 5.74) is 2.08. The molecule has 0 spiro atoms. The van der Waals surface area contributed by atoms with Gasteiger partial charge in [-0.15, -0.1) is 0 Å². The Labute approximate surface area is 229 Å². The molecule has 0 unspecified atom stereocenters. The van der Waals surface area contributed by atoms with Crippen LogP contribution in [0.4, 0.5) is 4.79 Å². The highest BCUT2D eigenvalue weighted by molar-refractivity contribution is 5.98. The lowest BCUT2D eigenvalue weighted by atomic mass is 9.84. The topological polar surface area (TPSA) is 93.1 Å². The van der Waals surface area contributed by atoms with E-state index in [1.807, 2.05) is 62.4 Å². The summed E-state index contributed by atoms with van der Waals surface area (Å²) in [4.78, 5) is 39.6. The molecule has 0 bridgehead atoms. The molecule has 7 heteroatoms. The van der Waals surface area contributed by atoms with Crippen molar-refractivity contribution in [2.24, 2.45) is 11.8 Å². The number of carboxylic acids is 1. The van der Waals surface area contributed by atoms with Crippen LogP contribution in [0.25, 0.3) is 0 Å². The fourth-order valence-corrected chi connectivity index (χ4v) is 5.08. The van der Waals surface area contributed by atoms with E-state index >= 15 is 0 Å². The zero-order valence-electron chi connectivity index (χ0n) is 22.8. The molecule has 39 heavy (non-hydrogen) atoms. The fourth-order valence-electron chi connectivity index (χ4n) is 5.08. The first kappa shape index (κ1) is 27.9. The average molecular weight is 530 g/mol. The van der Waals surface area contributed by atoms with E-state index in [2.05, 4.69) is 0 Å². The number of carboxylic acid groups (broad SMARTS) is 1. The van der Waals surface area contributed by atoms with Gasteiger partial charge in [-0.25, -0.2) is 9.59 Å². The first-order valence-corrected chi connectivity index (χ1v) is 13.2. The molecular formula is C32H35NO6. The number of hydrogen-bond donors (Lipinski definition) is 1. The van der Waals surface area contributed by atoms with Crippen molar-refractivity contribution >= 4 is 17.8 Å². The lowest BCUT2D eigenvalue weighted by Crippen LogP contribution is -2.38. The number of nitrogens with zero attached hydrogens (tertiary/aromatic N) is 1. The number of para-hydroxylation sites is 1. The molecule has 7 nitrogen and oxygen atoms in total. The van der Waals surface area contributed by atoms with Crippen LogP contribution in [0.5, 0.6) is 11.5 Å². The number of Topliss-reactive ketones (excluding diaryl/α,β-unsaturated/α-hetero) is 1. The minimum atomic E-state index is -1.34. The Bertz CT molecular complexity index is 1310. The lowest BCUT2D eigenvalue weighted by Gasteiger charge is -2.25. The molecule has 1 heterocycles. The number of hydrogen-bond acceptors (Lipinski definition) is 5. The van der Waals surface area contributed by atoms with Gasteiger partial charge in [0.25, 0.3) is 0 Å². The second kappa shape index (κ2) is 11.7. The second-order valence-electron chi connectivity index (χ2n) is 10.7. The molecular weight excluding hydrogens is 494 g/mol. The van der Waals surface area contributed by atoms with Gasteiger partial charge in [0.1, 0.15) is 11.5 Å². The zero-order valence-corrected chi connectivity index (χ0v) is 22.8. The summed E-state index contributed by atoms with van der Waals surface area (Å²) in [7, 11) is 0. The summed E-state index contributed by atoms with van der Waals surface area (Å²) in [6.07, 6.45) is 0.955. The number of carbonyl (C=O) groups is 3. The quantitative estimate of drug-likeness (QED) is 0.336. The van der Waals surface area contributed by atoms with E-state index in [4.69, 9.17) is 9.47 Å². The summed E-state index contributed by atoms with van der Waals surface area (Å²) in [5.74, 6) is -0.339. The number of aliphatic carboxylic acids is 1. The summed E-state index contributed by atoms with van der Waals surface area (Å²) in [6.45, 7) is 7.60. The molecule has 1 aliphatic rings. The summed E-state index contributed by atoms with van der Waals surface area (Å²) in [6, 6.07) is 22.1. The first-order chi connectivity index (χ1) is 18.5. The Kier molecular flexibility index (Phi) is 8.38. The fraction of sp³-hybridized carbons (Fsp3) is 0.344. The Hall–Kier alpha value is -4.13. The molecule has 0 saturated carbocycles. The molecule has 3 aromatic carbocycles. The number of amides is 1. The Morgan fingerprint density at radius 3 is 2.10 bits per heavy atom. The first-order valence-electron chi connectivity index (χ1n) is 13.2. The van der Waals surface area contributed by atoms with Crippen LogP contribution in [-0.2, 0) is 11.2 Å². The SMILES string of the molecule is Cc1cc(CC[C@@H]2CN(C(=O)Oc3ccccc3)C[C@H]2C(=O)c2ccccc2)cc(C)c1OC(C)(C)C(=O)O. The predicted molar refractivity (Wildman–Crippen MR) is 148 cm³/mol. The smallest absolute Gasteiger partial charge is 0.415 e. The van der Waals surface area contributed by atoms with Crippen LogP contribution < -0.4 is 9.47 Å². The van der Waals surface area contributed by atoms with Gasteiger partial charge < -0.3 is 19.5 Å². The normalized spacial score (nSPS) is 17.1. The summed E-state index contributed by atoms with van der Waals surface area (Å²) < 4.78 is 11.4. The van der Waals surface area contributed by atoms with Gasteiger partial charge in [-0.1, -0.05) is 60.7 Å². The third kappa shape index (κ3) is 6.66. The highest BCUT2D eigenvalue weighted by Gasteiger charge is 2.40. The minimum absolute atomic E-state index is 0.0302. The van der Waals surface area contributed by atoms with Crippen molar-refractivity contribution in [2.45, 2.75) is 46.1 Å². The predicted octanol–water partition coefficient (Wildman–Crippen LogP) is 6.11. The second-order valence-corrected chi connectivity index (χ2v) is 10.7. The van der Waals surface area contributed by atoms with Crippen LogP contribution in [0.3, 0.4) is 0 Å². The number of ketones is 1. The largest absolute Gasteiger partial charge is 0.478 e. The zero-order chi connectivity index (χ0) is 28.2. The number of benzene rings is 3. The van der Waals surface area contributed by atoms with Crippen LogP contribution in [0.15, 0.2) is 72.8 Å². The standard InChI is InChI=1S/C32H35NO6/c1-21-17-23(18-22(2)29(21)39-32(3,4)30(35)36)15-16-25-19-33(31(37)38-26-13-9-6-10-14-26)20-27(25)28(34)24-11-7-5-8-12-24/h5-14,17-18,25,27H,15-16,19-20H2,1-4H3,(H,35,36)/t25-,27-/m1/s1. The summed E-state index contributed by atoms with van der Waals surface area (Å²) >= 11 is 0. The molecule has 0 aromatic heterocycles. The third-order valence-electron chi connectivity index (χ3n) is 7.24. The van der Waals surface area contributed by atoms with E-state index in [-0.39, 0.29) is 17.6 Å². The van der Waals surface area contributed by atoms with Gasteiger partial charge in [0.2, 0.25) is 0 Å². The van der Waals surface area contributed by atoms with Gasteiger partial charge in [0.15, 0.2) is 11.4 Å². The van der Waals surface area contributed by atoms with Crippen molar-refractivity contribution < 1.29 is 29.0 Å². The highest BCUT2D eigenvalue weighted by Crippen LogP contribution is 2.33. The molecule has 0 radical (unpaired) electrons. The van der Waals surface area contributed by atoms with E-state index in [0.717, 1.165) is 16.7 Å². The van der Waals surface area contributed by atoms with Crippen LogP contribution in [0.1, 0.15) is 47.3 Å². The Morgan fingerprint density at radius 2 is 1.51 bits per heavy atom. The van der Waals surface area contributed by atoms with Gasteiger partial charge in [0.05, 0.1) is 0 Å². The van der Waals surface area contributed by atoms with Crippen molar-refractivity contribution in [1.82, 2.24) is 4.90 Å². The van der Waals surface area contributed by atoms with Crippen molar-refractivity contribution in [3.05, 3.63) is 95.1 Å². The Morgan fingerprint density at radius 1 is 0.923 bits per heavy atom. The van der Waals surface area contributed by atoms with Crippen LogP contribution in [0, 0.1) is 25.7 Å². The average Bonchev–Trinajstić information content (AvgIpc) is 3.34. The van der Waals surface area contributed by atoms with Gasteiger partial charge >= 0.3 is 12.1 Å². The van der Waals surface area contributed by atoms with Gasteiger partial charge in [-0.2, -0.15) is 0 Å². The number of likely N-dealkylation sites (tertiary alicyclic amines) is 1. The van der Waals surface area contributed by atoms with Gasteiger partial charge in [0, 0.05) is 24.6 Å². The molecule has 1 aliphatic heterocycles. The van der Waals surface area contributed by atoms with E-state index in [0.29, 0.717) is 43.0 Å². The maximum Gasteiger partial charge on any atom is 0.415 e. The molecule has 1 N–H and O–H groups in total. The highest BCUT2D eigenvalue weighted by atomic mass is 16.6. The van der Waals surface area contributed by atoms with Crippen LogP contribution in [0.2, 0.25) is 0 Å². The minimum Gasteiger partial charge on any atom is -0.478 e. The maximum atomic E-state index is 13.5. The molecule has 1 fully saturated rings. The van der Waals surface area contributed by atoms with Gasteiger partial charge in [-0.3, -0.25) is 4.79 Å². The lowest BCUT2D eigenvalue weighted by molar-refractivity contribution is -0.152. The summed E-state index contributed by atoms with van der Waals surface area (Å²) in [5, 5.41) is 9.45. The molecule has 204 valence electrons. The van der Waals surface area contributed by atoms with Crippen LogP contribution in [-0.4, -0.2) is 46.5 Å². The van der Waals surface area contributed by atoms with Crippen molar-refractivity contribution in [1.29, 1.82) is 0 Å². The van der Waals surface area contributed by atoms with E-state index in [9.17, 15) is 19.5 Å². The molecule has 1 amide bonds. The molecule has 1 saturated heterocycles. The maximum absolute atomic E-state index is 13.5. The van der Waals surface area contributed by atoms with Gasteiger partial charge in [-0.05, 0) is 75.3 Å².